The standard InChI is InChI=1S/C13H21BrN2OS/c1-10(8-16-3-5-17-6-4-16)15-11(2)13-7-12(14)9-18-13/h7,9-11,15H,3-6,8H2,1-2H3. The molecule has 0 amide bonds. The minimum Gasteiger partial charge on any atom is -0.379 e. The molecule has 1 saturated heterocycles. The molecule has 2 heterocycles. The minimum atomic E-state index is 0.414. The summed E-state index contributed by atoms with van der Waals surface area (Å²) in [5, 5.41) is 5.80. The van der Waals surface area contributed by atoms with Gasteiger partial charge in [-0.3, -0.25) is 4.90 Å². The Labute approximate surface area is 122 Å². The molecule has 102 valence electrons. The van der Waals surface area contributed by atoms with E-state index in [9.17, 15) is 0 Å². The molecule has 1 fully saturated rings. The molecule has 1 aliphatic rings. The van der Waals surface area contributed by atoms with Gasteiger partial charge in [-0.25, -0.2) is 0 Å². The predicted octanol–water partition coefficient (Wildman–Crippen LogP) is 2.88. The van der Waals surface area contributed by atoms with Gasteiger partial charge in [0.15, 0.2) is 0 Å². The average Bonchev–Trinajstić information content (AvgIpc) is 2.77. The first kappa shape index (κ1) is 14.5. The number of nitrogens with one attached hydrogen (secondary N) is 1. The normalized spacial score (nSPS) is 20.8. The van der Waals surface area contributed by atoms with Gasteiger partial charge >= 0.3 is 0 Å². The van der Waals surface area contributed by atoms with Gasteiger partial charge in [0.05, 0.1) is 13.2 Å². The van der Waals surface area contributed by atoms with E-state index in [0.29, 0.717) is 12.1 Å². The summed E-state index contributed by atoms with van der Waals surface area (Å²) in [7, 11) is 0. The summed E-state index contributed by atoms with van der Waals surface area (Å²) in [4.78, 5) is 3.86. The summed E-state index contributed by atoms with van der Waals surface area (Å²) in [6, 6.07) is 3.11. The number of morpholine rings is 1. The summed E-state index contributed by atoms with van der Waals surface area (Å²) in [5.41, 5.74) is 0. The molecule has 0 spiro atoms. The van der Waals surface area contributed by atoms with Crippen LogP contribution < -0.4 is 5.32 Å². The van der Waals surface area contributed by atoms with Crippen LogP contribution in [0.15, 0.2) is 15.9 Å². The Bertz CT molecular complexity index is 366. The molecule has 2 rings (SSSR count). The topological polar surface area (TPSA) is 24.5 Å². The van der Waals surface area contributed by atoms with Crippen LogP contribution in [-0.4, -0.2) is 43.8 Å². The van der Waals surface area contributed by atoms with Crippen molar-refractivity contribution in [3.63, 3.8) is 0 Å². The lowest BCUT2D eigenvalue weighted by atomic mass is 10.2. The minimum absolute atomic E-state index is 0.414. The van der Waals surface area contributed by atoms with E-state index in [-0.39, 0.29) is 0 Å². The van der Waals surface area contributed by atoms with Crippen LogP contribution in [0.3, 0.4) is 0 Å². The summed E-state index contributed by atoms with van der Waals surface area (Å²) in [5.74, 6) is 0. The Kier molecular flexibility index (Phi) is 5.63. The van der Waals surface area contributed by atoms with E-state index in [0.717, 1.165) is 32.8 Å². The highest BCUT2D eigenvalue weighted by Crippen LogP contribution is 2.25. The third-order valence-corrected chi connectivity index (χ3v) is 5.06. The van der Waals surface area contributed by atoms with E-state index >= 15 is 0 Å². The second-order valence-electron chi connectivity index (χ2n) is 4.87. The Hall–Kier alpha value is 0.0600. The molecule has 0 aromatic carbocycles. The zero-order valence-corrected chi connectivity index (χ0v) is 13.4. The third kappa shape index (κ3) is 4.31. The van der Waals surface area contributed by atoms with Crippen LogP contribution in [0.25, 0.3) is 0 Å². The van der Waals surface area contributed by atoms with Gasteiger partial charge in [-0.15, -0.1) is 11.3 Å². The first-order chi connectivity index (χ1) is 8.65. The largest absolute Gasteiger partial charge is 0.379 e. The lowest BCUT2D eigenvalue weighted by Gasteiger charge is -2.30. The second-order valence-corrected chi connectivity index (χ2v) is 6.73. The van der Waals surface area contributed by atoms with Crippen LogP contribution >= 0.6 is 27.3 Å². The van der Waals surface area contributed by atoms with Crippen LogP contribution in [0.2, 0.25) is 0 Å². The number of thiophene rings is 1. The van der Waals surface area contributed by atoms with Gasteiger partial charge in [-0.2, -0.15) is 0 Å². The number of nitrogens with zero attached hydrogens (tertiary/aromatic N) is 1. The fraction of sp³-hybridized carbons (Fsp3) is 0.692. The molecule has 2 atom stereocenters. The van der Waals surface area contributed by atoms with E-state index in [4.69, 9.17) is 4.74 Å². The maximum Gasteiger partial charge on any atom is 0.0594 e. The van der Waals surface area contributed by atoms with Crippen molar-refractivity contribution in [2.75, 3.05) is 32.8 Å². The van der Waals surface area contributed by atoms with Gasteiger partial charge < -0.3 is 10.1 Å². The molecule has 18 heavy (non-hydrogen) atoms. The smallest absolute Gasteiger partial charge is 0.0594 e. The van der Waals surface area contributed by atoms with Crippen molar-refractivity contribution in [3.05, 3.63) is 20.8 Å². The number of ether oxygens (including phenoxy) is 1. The van der Waals surface area contributed by atoms with Crippen molar-refractivity contribution in [1.82, 2.24) is 10.2 Å². The zero-order valence-electron chi connectivity index (χ0n) is 11.0. The van der Waals surface area contributed by atoms with E-state index in [1.807, 2.05) is 0 Å². The Morgan fingerprint density at radius 1 is 1.44 bits per heavy atom. The van der Waals surface area contributed by atoms with Crippen LogP contribution in [0.4, 0.5) is 0 Å². The lowest BCUT2D eigenvalue weighted by Crippen LogP contribution is -2.44. The predicted molar refractivity (Wildman–Crippen MR) is 80.3 cm³/mol. The molecule has 1 aromatic heterocycles. The highest BCUT2D eigenvalue weighted by atomic mass is 79.9. The summed E-state index contributed by atoms with van der Waals surface area (Å²) in [6.45, 7) is 9.46. The van der Waals surface area contributed by atoms with Crippen LogP contribution in [0.5, 0.6) is 0 Å². The van der Waals surface area contributed by atoms with Crippen LogP contribution in [-0.2, 0) is 4.74 Å². The van der Waals surface area contributed by atoms with Crippen molar-refractivity contribution in [2.45, 2.75) is 25.9 Å². The van der Waals surface area contributed by atoms with E-state index in [1.54, 1.807) is 11.3 Å². The summed E-state index contributed by atoms with van der Waals surface area (Å²) in [6.07, 6.45) is 0. The molecule has 0 saturated carbocycles. The van der Waals surface area contributed by atoms with Gasteiger partial charge in [0, 0.05) is 46.4 Å². The van der Waals surface area contributed by atoms with Crippen molar-refractivity contribution in [2.24, 2.45) is 0 Å². The fourth-order valence-corrected chi connectivity index (χ4v) is 3.75. The molecule has 5 heteroatoms. The maximum absolute atomic E-state index is 5.37. The van der Waals surface area contributed by atoms with E-state index in [1.165, 1.54) is 9.35 Å². The summed E-state index contributed by atoms with van der Waals surface area (Å²) < 4.78 is 6.55. The fourth-order valence-electron chi connectivity index (χ4n) is 2.29. The summed E-state index contributed by atoms with van der Waals surface area (Å²) >= 11 is 5.31. The number of hydrogen-bond donors (Lipinski definition) is 1. The molecule has 0 aliphatic carbocycles. The van der Waals surface area contributed by atoms with Gasteiger partial charge in [0.25, 0.3) is 0 Å². The first-order valence-electron chi connectivity index (χ1n) is 6.45. The molecule has 1 aliphatic heterocycles. The average molecular weight is 333 g/mol. The molecule has 2 unspecified atom stereocenters. The van der Waals surface area contributed by atoms with Gasteiger partial charge in [0.1, 0.15) is 0 Å². The molecule has 1 N–H and O–H groups in total. The van der Waals surface area contributed by atoms with Crippen LogP contribution in [0.1, 0.15) is 24.8 Å². The van der Waals surface area contributed by atoms with Crippen molar-refractivity contribution in [1.29, 1.82) is 0 Å². The molecular weight excluding hydrogens is 312 g/mol. The van der Waals surface area contributed by atoms with E-state index < -0.39 is 0 Å². The molecule has 0 bridgehead atoms. The zero-order chi connectivity index (χ0) is 13.0. The van der Waals surface area contributed by atoms with Gasteiger partial charge in [-0.05, 0) is 35.8 Å². The molecule has 1 aromatic rings. The van der Waals surface area contributed by atoms with E-state index in [2.05, 4.69) is 51.4 Å². The number of rotatable bonds is 5. The highest BCUT2D eigenvalue weighted by molar-refractivity contribution is 9.10. The molecule has 0 radical (unpaired) electrons. The number of hydrogen-bond acceptors (Lipinski definition) is 4. The van der Waals surface area contributed by atoms with Crippen LogP contribution in [0, 0.1) is 0 Å². The van der Waals surface area contributed by atoms with Gasteiger partial charge in [0.2, 0.25) is 0 Å². The second kappa shape index (κ2) is 7.01. The molecular formula is C13H21BrN2OS. The highest BCUT2D eigenvalue weighted by Gasteiger charge is 2.16. The van der Waals surface area contributed by atoms with Crippen molar-refractivity contribution in [3.8, 4) is 0 Å². The van der Waals surface area contributed by atoms with Crippen molar-refractivity contribution >= 4 is 27.3 Å². The lowest BCUT2D eigenvalue weighted by molar-refractivity contribution is 0.0339. The Morgan fingerprint density at radius 2 is 2.17 bits per heavy atom. The Balaban J connectivity index is 1.77. The first-order valence-corrected chi connectivity index (χ1v) is 8.12. The number of halogens is 1. The van der Waals surface area contributed by atoms with Crippen molar-refractivity contribution < 1.29 is 4.74 Å². The quantitative estimate of drug-likeness (QED) is 0.897. The SMILES string of the molecule is CC(CN1CCOCC1)NC(C)c1cc(Br)cs1. The third-order valence-electron chi connectivity index (χ3n) is 3.18. The maximum atomic E-state index is 5.37. The monoisotopic (exact) mass is 332 g/mol. The Morgan fingerprint density at radius 3 is 2.78 bits per heavy atom. The van der Waals surface area contributed by atoms with Gasteiger partial charge in [-0.1, -0.05) is 0 Å². The molecule has 3 nitrogen and oxygen atoms in total.